The van der Waals surface area contributed by atoms with Gasteiger partial charge in [-0.3, -0.25) is 0 Å². The van der Waals surface area contributed by atoms with Crippen LogP contribution in [0.25, 0.3) is 22.5 Å². The van der Waals surface area contributed by atoms with Crippen molar-refractivity contribution in [1.29, 1.82) is 5.26 Å². The van der Waals surface area contributed by atoms with E-state index in [9.17, 15) is 0 Å². The molecule has 28 heavy (non-hydrogen) atoms. The molecule has 1 aromatic heterocycles. The predicted octanol–water partition coefficient (Wildman–Crippen LogP) is 5.81. The van der Waals surface area contributed by atoms with Crippen molar-refractivity contribution in [2.75, 3.05) is 6.61 Å². The van der Waals surface area contributed by atoms with Crippen molar-refractivity contribution >= 4 is 0 Å². The normalized spacial score (nSPS) is 10.7. The zero-order chi connectivity index (χ0) is 19.6. The first-order valence-corrected chi connectivity index (χ1v) is 9.51. The minimum absolute atomic E-state index is 0.661. The number of unbranched alkanes of at least 4 members (excludes halogenated alkanes) is 1. The molecule has 0 aliphatic heterocycles. The highest BCUT2D eigenvalue weighted by Gasteiger charge is 2.04. The van der Waals surface area contributed by atoms with Crippen LogP contribution in [0.4, 0.5) is 0 Å². The van der Waals surface area contributed by atoms with Gasteiger partial charge in [0.15, 0.2) is 11.6 Å². The zero-order valence-electron chi connectivity index (χ0n) is 16.0. The number of nitriles is 1. The number of allylic oxidation sites excluding steroid dienone is 2. The van der Waals surface area contributed by atoms with Crippen LogP contribution in [-0.4, -0.2) is 16.6 Å². The number of hydrogen-bond acceptors (Lipinski definition) is 4. The van der Waals surface area contributed by atoms with Gasteiger partial charge in [0.1, 0.15) is 0 Å². The van der Waals surface area contributed by atoms with Gasteiger partial charge in [-0.2, -0.15) is 5.26 Å². The van der Waals surface area contributed by atoms with Crippen LogP contribution < -0.4 is 4.74 Å². The summed E-state index contributed by atoms with van der Waals surface area (Å²) >= 11 is 0. The van der Waals surface area contributed by atoms with Crippen molar-refractivity contribution in [3.63, 3.8) is 0 Å². The van der Waals surface area contributed by atoms with Gasteiger partial charge in [-0.25, -0.2) is 9.97 Å². The molecular weight excluding hydrogens is 346 g/mol. The van der Waals surface area contributed by atoms with Gasteiger partial charge in [0.2, 0.25) is 0 Å². The van der Waals surface area contributed by atoms with Crippen LogP contribution in [-0.2, 0) is 0 Å². The molecule has 0 atom stereocenters. The Kier molecular flexibility index (Phi) is 6.92. The summed E-state index contributed by atoms with van der Waals surface area (Å²) in [6, 6.07) is 17.8. The second kappa shape index (κ2) is 10.0. The molecule has 0 unspecified atom stereocenters. The number of benzene rings is 2. The lowest BCUT2D eigenvalue weighted by atomic mass is 10.0. The molecule has 4 nitrogen and oxygen atoms in total. The van der Waals surface area contributed by atoms with Crippen LogP contribution in [0.2, 0.25) is 0 Å². The highest BCUT2D eigenvalue weighted by Crippen LogP contribution is 2.24. The molecule has 0 fully saturated rings. The lowest BCUT2D eigenvalue weighted by Crippen LogP contribution is -1.98. The molecule has 0 N–H and O–H groups in total. The summed E-state index contributed by atoms with van der Waals surface area (Å²) in [5.41, 5.74) is 3.77. The second-order valence-electron chi connectivity index (χ2n) is 6.38. The van der Waals surface area contributed by atoms with Crippen LogP contribution in [0.5, 0.6) is 5.75 Å². The van der Waals surface area contributed by atoms with Gasteiger partial charge >= 0.3 is 0 Å². The Morgan fingerprint density at radius 1 is 0.893 bits per heavy atom. The third-order valence-electron chi connectivity index (χ3n) is 4.30. The molecule has 0 saturated carbocycles. The standard InChI is InChI=1S/C24H23N3O/c1-2-3-4-5-6-15-28-23-17-26-24(27-18-23)22-13-11-21(12-14-22)20-9-7-19(16-25)8-10-20/h3-4,7-14,17-18H,2,5-6,15H2,1H3/b4-3+. The van der Waals surface area contributed by atoms with Gasteiger partial charge in [-0.15, -0.1) is 0 Å². The molecule has 0 amide bonds. The molecule has 0 saturated heterocycles. The van der Waals surface area contributed by atoms with E-state index in [2.05, 4.69) is 35.1 Å². The van der Waals surface area contributed by atoms with Crippen molar-refractivity contribution < 1.29 is 4.74 Å². The van der Waals surface area contributed by atoms with E-state index < -0.39 is 0 Å². The Morgan fingerprint density at radius 3 is 2.11 bits per heavy atom. The summed E-state index contributed by atoms with van der Waals surface area (Å²) in [4.78, 5) is 8.83. The molecule has 0 aliphatic rings. The lowest BCUT2D eigenvalue weighted by molar-refractivity contribution is 0.309. The maximum atomic E-state index is 8.90. The predicted molar refractivity (Wildman–Crippen MR) is 112 cm³/mol. The van der Waals surface area contributed by atoms with Gasteiger partial charge in [-0.1, -0.05) is 55.5 Å². The SMILES string of the molecule is CC/C=C/CCCOc1cnc(-c2ccc(-c3ccc(C#N)cc3)cc2)nc1. The minimum atomic E-state index is 0.661. The molecule has 0 bridgehead atoms. The van der Waals surface area contributed by atoms with E-state index in [-0.39, 0.29) is 0 Å². The van der Waals surface area contributed by atoms with Gasteiger partial charge in [-0.05, 0) is 42.5 Å². The average molecular weight is 369 g/mol. The monoisotopic (exact) mass is 369 g/mol. The molecular formula is C24H23N3O. The topological polar surface area (TPSA) is 58.8 Å². The van der Waals surface area contributed by atoms with E-state index in [1.54, 1.807) is 12.4 Å². The second-order valence-corrected chi connectivity index (χ2v) is 6.38. The van der Waals surface area contributed by atoms with Crippen molar-refractivity contribution in [2.24, 2.45) is 0 Å². The maximum Gasteiger partial charge on any atom is 0.159 e. The van der Waals surface area contributed by atoms with Crippen LogP contribution in [0, 0.1) is 11.3 Å². The van der Waals surface area contributed by atoms with Gasteiger partial charge in [0, 0.05) is 5.56 Å². The third-order valence-corrected chi connectivity index (χ3v) is 4.30. The molecule has 3 rings (SSSR count). The van der Waals surface area contributed by atoms with E-state index in [4.69, 9.17) is 10.00 Å². The van der Waals surface area contributed by atoms with Gasteiger partial charge < -0.3 is 4.74 Å². The van der Waals surface area contributed by atoms with Crippen molar-refractivity contribution in [2.45, 2.75) is 26.2 Å². The highest BCUT2D eigenvalue weighted by molar-refractivity contribution is 5.68. The van der Waals surface area contributed by atoms with Gasteiger partial charge in [0.05, 0.1) is 30.6 Å². The molecule has 0 spiro atoms. The quantitative estimate of drug-likeness (QED) is 0.371. The average Bonchev–Trinajstić information content (AvgIpc) is 2.77. The molecule has 4 heteroatoms. The van der Waals surface area contributed by atoms with Crippen molar-refractivity contribution in [3.05, 3.63) is 78.6 Å². The number of hydrogen-bond donors (Lipinski definition) is 0. The van der Waals surface area contributed by atoms with Crippen LogP contribution >= 0.6 is 0 Å². The summed E-state index contributed by atoms with van der Waals surface area (Å²) < 4.78 is 5.69. The van der Waals surface area contributed by atoms with E-state index in [1.807, 2.05) is 48.5 Å². The Balaban J connectivity index is 1.59. The maximum absolute atomic E-state index is 8.90. The Labute approximate surface area is 166 Å². The summed E-state index contributed by atoms with van der Waals surface area (Å²) in [5, 5.41) is 8.90. The van der Waals surface area contributed by atoms with Crippen LogP contribution in [0.15, 0.2) is 73.1 Å². The van der Waals surface area contributed by atoms with Crippen molar-refractivity contribution in [1.82, 2.24) is 9.97 Å². The fourth-order valence-corrected chi connectivity index (χ4v) is 2.76. The van der Waals surface area contributed by atoms with Crippen LogP contribution in [0.3, 0.4) is 0 Å². The molecule has 3 aromatic rings. The van der Waals surface area contributed by atoms with E-state index in [0.29, 0.717) is 23.7 Å². The fourth-order valence-electron chi connectivity index (χ4n) is 2.76. The Bertz CT molecular complexity index is 937. The first-order chi connectivity index (χ1) is 13.8. The summed E-state index contributed by atoms with van der Waals surface area (Å²) in [5.74, 6) is 1.36. The first-order valence-electron chi connectivity index (χ1n) is 9.51. The summed E-state index contributed by atoms with van der Waals surface area (Å²) in [6.07, 6.45) is 10.9. The van der Waals surface area contributed by atoms with Crippen molar-refractivity contribution in [3.8, 4) is 34.3 Å². The van der Waals surface area contributed by atoms with Crippen LogP contribution in [0.1, 0.15) is 31.7 Å². The summed E-state index contributed by atoms with van der Waals surface area (Å²) in [7, 11) is 0. The molecule has 2 aromatic carbocycles. The molecule has 0 aliphatic carbocycles. The number of nitrogens with zero attached hydrogens (tertiary/aromatic N) is 3. The van der Waals surface area contributed by atoms with E-state index >= 15 is 0 Å². The molecule has 0 radical (unpaired) electrons. The fraction of sp³-hybridized carbons (Fsp3) is 0.208. The largest absolute Gasteiger partial charge is 0.490 e. The highest BCUT2D eigenvalue weighted by atomic mass is 16.5. The summed E-state index contributed by atoms with van der Waals surface area (Å²) in [6.45, 7) is 2.79. The third kappa shape index (κ3) is 5.28. The van der Waals surface area contributed by atoms with E-state index in [1.165, 1.54) is 0 Å². The number of aromatic nitrogens is 2. The van der Waals surface area contributed by atoms with E-state index in [0.717, 1.165) is 36.0 Å². The first kappa shape index (κ1) is 19.3. The smallest absolute Gasteiger partial charge is 0.159 e. The zero-order valence-corrected chi connectivity index (χ0v) is 16.0. The molecule has 140 valence electrons. The Morgan fingerprint density at radius 2 is 1.50 bits per heavy atom. The Hall–Kier alpha value is -3.45. The molecule has 1 heterocycles. The number of ether oxygens (including phenoxy) is 1. The number of rotatable bonds is 8. The van der Waals surface area contributed by atoms with Gasteiger partial charge in [0.25, 0.3) is 0 Å². The lowest BCUT2D eigenvalue weighted by Gasteiger charge is -2.06. The minimum Gasteiger partial charge on any atom is -0.490 e.